The second kappa shape index (κ2) is 5.93. The Balaban J connectivity index is 2.04. The van der Waals surface area contributed by atoms with Gasteiger partial charge in [-0.2, -0.15) is 0 Å². The van der Waals surface area contributed by atoms with Crippen molar-refractivity contribution < 1.29 is 9.90 Å². The zero-order valence-corrected chi connectivity index (χ0v) is 12.0. The minimum Gasteiger partial charge on any atom is -0.477 e. The zero-order valence-electron chi connectivity index (χ0n) is 8.89. The molecular formula is C11H7Cl2NO2S2. The van der Waals surface area contributed by atoms with Crippen molar-refractivity contribution in [3.05, 3.63) is 44.3 Å². The predicted octanol–water partition coefficient (Wildman–Crippen LogP) is 4.44. The maximum absolute atomic E-state index is 10.7. The molecule has 3 nitrogen and oxygen atoms in total. The molecule has 0 aliphatic heterocycles. The quantitative estimate of drug-likeness (QED) is 0.668. The van der Waals surface area contributed by atoms with E-state index in [4.69, 9.17) is 28.3 Å². The van der Waals surface area contributed by atoms with Crippen molar-refractivity contribution in [3.63, 3.8) is 0 Å². The number of rotatable bonds is 4. The molecule has 0 saturated carbocycles. The van der Waals surface area contributed by atoms with Gasteiger partial charge in [0.15, 0.2) is 0 Å². The number of thiophene rings is 1. The average molecular weight is 320 g/mol. The third-order valence-electron chi connectivity index (χ3n) is 2.08. The first-order valence-corrected chi connectivity index (χ1v) is 7.43. The molecule has 2 rings (SSSR count). The van der Waals surface area contributed by atoms with E-state index in [9.17, 15) is 4.79 Å². The maximum Gasteiger partial charge on any atom is 0.345 e. The number of aromatic carboxylic acids is 1. The highest BCUT2D eigenvalue weighted by molar-refractivity contribution is 7.98. The highest BCUT2D eigenvalue weighted by Gasteiger charge is 2.08. The smallest absolute Gasteiger partial charge is 0.345 e. The molecule has 0 aromatic carbocycles. The van der Waals surface area contributed by atoms with Gasteiger partial charge in [0, 0.05) is 27.2 Å². The Hall–Kier alpha value is -0.750. The summed E-state index contributed by atoms with van der Waals surface area (Å²) in [5, 5.41) is 11.5. The lowest BCUT2D eigenvalue weighted by molar-refractivity contribution is 0.0702. The molecule has 18 heavy (non-hydrogen) atoms. The fraction of sp³-hybridized carbons (Fsp3) is 0.0909. The van der Waals surface area contributed by atoms with Gasteiger partial charge in [0.2, 0.25) is 0 Å². The summed E-state index contributed by atoms with van der Waals surface area (Å²) in [6.45, 7) is 0. The average Bonchev–Trinajstić information content (AvgIpc) is 2.76. The third kappa shape index (κ3) is 3.38. The van der Waals surface area contributed by atoms with E-state index >= 15 is 0 Å². The second-order valence-corrected chi connectivity index (χ2v) is 6.09. The van der Waals surface area contributed by atoms with Gasteiger partial charge in [0.05, 0.1) is 0 Å². The number of thioether (sulfide) groups is 1. The van der Waals surface area contributed by atoms with Crippen molar-refractivity contribution in [1.82, 2.24) is 4.98 Å². The molecular weight excluding hydrogens is 313 g/mol. The van der Waals surface area contributed by atoms with E-state index in [1.807, 2.05) is 5.38 Å². The minimum atomic E-state index is -0.905. The molecule has 0 radical (unpaired) electrons. The molecule has 2 aromatic heterocycles. The van der Waals surface area contributed by atoms with E-state index in [2.05, 4.69) is 4.98 Å². The highest BCUT2D eigenvalue weighted by Crippen LogP contribution is 2.30. The van der Waals surface area contributed by atoms with E-state index in [-0.39, 0.29) is 0 Å². The summed E-state index contributed by atoms with van der Waals surface area (Å²) < 4.78 is 0. The number of carbonyl (C=O) groups is 1. The van der Waals surface area contributed by atoms with Gasteiger partial charge in [-0.15, -0.1) is 23.1 Å². The monoisotopic (exact) mass is 319 g/mol. The van der Waals surface area contributed by atoms with E-state index in [0.29, 0.717) is 20.8 Å². The first kappa shape index (κ1) is 13.7. The summed E-state index contributed by atoms with van der Waals surface area (Å²) in [6, 6.07) is 3.24. The molecule has 0 fully saturated rings. The molecule has 0 amide bonds. The number of carboxylic acid groups (broad SMARTS) is 1. The standard InChI is InChI=1S/C11H7Cl2NO2S2/c12-8-2-10(13)14-3-6(8)4-17-7-1-9(11(15)16)18-5-7/h1-3,5H,4H2,(H,15,16). The van der Waals surface area contributed by atoms with Gasteiger partial charge in [-0.05, 0) is 17.7 Å². The molecule has 1 N–H and O–H groups in total. The highest BCUT2D eigenvalue weighted by atomic mass is 35.5. The van der Waals surface area contributed by atoms with Crippen LogP contribution >= 0.6 is 46.3 Å². The zero-order chi connectivity index (χ0) is 13.1. The molecule has 2 aromatic rings. The van der Waals surface area contributed by atoms with E-state index in [1.165, 1.54) is 23.1 Å². The van der Waals surface area contributed by atoms with Crippen molar-refractivity contribution >= 4 is 52.3 Å². The Bertz CT molecular complexity index is 586. The van der Waals surface area contributed by atoms with Crippen molar-refractivity contribution in [2.75, 3.05) is 0 Å². The molecule has 0 spiro atoms. The van der Waals surface area contributed by atoms with Gasteiger partial charge in [-0.1, -0.05) is 23.2 Å². The van der Waals surface area contributed by atoms with Gasteiger partial charge in [0.1, 0.15) is 10.0 Å². The summed E-state index contributed by atoms with van der Waals surface area (Å²) in [4.78, 5) is 15.9. The largest absolute Gasteiger partial charge is 0.477 e. The van der Waals surface area contributed by atoms with Crippen LogP contribution in [0.15, 0.2) is 28.6 Å². The molecule has 94 valence electrons. The molecule has 0 unspecified atom stereocenters. The van der Waals surface area contributed by atoms with Gasteiger partial charge in [-0.25, -0.2) is 9.78 Å². The number of nitrogens with zero attached hydrogens (tertiary/aromatic N) is 1. The van der Waals surface area contributed by atoms with Crippen LogP contribution in [0.3, 0.4) is 0 Å². The number of pyridine rings is 1. The van der Waals surface area contributed by atoms with Gasteiger partial charge in [-0.3, -0.25) is 0 Å². The maximum atomic E-state index is 10.7. The van der Waals surface area contributed by atoms with Crippen LogP contribution in [0.4, 0.5) is 0 Å². The Morgan fingerprint density at radius 3 is 2.83 bits per heavy atom. The molecule has 2 heterocycles. The number of halogens is 2. The Kier molecular flexibility index (Phi) is 4.50. The van der Waals surface area contributed by atoms with Crippen LogP contribution in [-0.2, 0) is 5.75 Å². The number of carboxylic acids is 1. The second-order valence-electron chi connectivity index (χ2n) is 3.34. The molecule has 0 saturated heterocycles. The first-order chi connectivity index (χ1) is 8.56. The van der Waals surface area contributed by atoms with Crippen molar-refractivity contribution in [3.8, 4) is 0 Å². The van der Waals surface area contributed by atoms with E-state index in [0.717, 1.165) is 10.5 Å². The van der Waals surface area contributed by atoms with Crippen LogP contribution in [0.1, 0.15) is 15.2 Å². The molecule has 0 aliphatic rings. The summed E-state index contributed by atoms with van der Waals surface area (Å²) in [6.07, 6.45) is 1.63. The van der Waals surface area contributed by atoms with Gasteiger partial charge in [0.25, 0.3) is 0 Å². The Morgan fingerprint density at radius 2 is 2.22 bits per heavy atom. The lowest BCUT2D eigenvalue weighted by Gasteiger charge is -2.02. The fourth-order valence-corrected chi connectivity index (χ4v) is 3.57. The third-order valence-corrected chi connectivity index (χ3v) is 4.73. The van der Waals surface area contributed by atoms with Crippen molar-refractivity contribution in [1.29, 1.82) is 0 Å². The van der Waals surface area contributed by atoms with Gasteiger partial charge < -0.3 is 5.11 Å². The number of hydrogen-bond donors (Lipinski definition) is 1. The molecule has 0 bridgehead atoms. The van der Waals surface area contributed by atoms with Crippen LogP contribution in [-0.4, -0.2) is 16.1 Å². The number of aromatic nitrogens is 1. The summed E-state index contributed by atoms with van der Waals surface area (Å²) in [5.74, 6) is -0.281. The molecule has 0 atom stereocenters. The van der Waals surface area contributed by atoms with Crippen LogP contribution < -0.4 is 0 Å². The fourth-order valence-electron chi connectivity index (χ4n) is 1.21. The van der Waals surface area contributed by atoms with E-state index in [1.54, 1.807) is 18.3 Å². The Labute approximate surface area is 122 Å². The van der Waals surface area contributed by atoms with Crippen LogP contribution in [0.5, 0.6) is 0 Å². The molecule has 0 aliphatic carbocycles. The first-order valence-electron chi connectivity index (χ1n) is 4.81. The summed E-state index contributed by atoms with van der Waals surface area (Å²) in [7, 11) is 0. The predicted molar refractivity (Wildman–Crippen MR) is 75.1 cm³/mol. The SMILES string of the molecule is O=C(O)c1cc(SCc2cnc(Cl)cc2Cl)cs1. The van der Waals surface area contributed by atoms with Gasteiger partial charge >= 0.3 is 5.97 Å². The lowest BCUT2D eigenvalue weighted by Crippen LogP contribution is -1.90. The van der Waals surface area contributed by atoms with Crippen LogP contribution in [0.2, 0.25) is 10.2 Å². The van der Waals surface area contributed by atoms with Crippen LogP contribution in [0.25, 0.3) is 0 Å². The minimum absolute atomic E-state index is 0.331. The summed E-state index contributed by atoms with van der Waals surface area (Å²) >= 11 is 14.4. The Morgan fingerprint density at radius 1 is 1.44 bits per heavy atom. The van der Waals surface area contributed by atoms with Crippen LogP contribution in [0, 0.1) is 0 Å². The topological polar surface area (TPSA) is 50.2 Å². The summed E-state index contributed by atoms with van der Waals surface area (Å²) in [5.41, 5.74) is 0.870. The van der Waals surface area contributed by atoms with E-state index < -0.39 is 5.97 Å². The normalized spacial score (nSPS) is 10.6. The van der Waals surface area contributed by atoms with Crippen molar-refractivity contribution in [2.45, 2.75) is 10.6 Å². The van der Waals surface area contributed by atoms with Crippen molar-refractivity contribution in [2.24, 2.45) is 0 Å². The number of hydrogen-bond acceptors (Lipinski definition) is 4. The lowest BCUT2D eigenvalue weighted by atomic mass is 10.3. The molecule has 7 heteroatoms.